The molecule has 0 unspecified atom stereocenters. The molecule has 0 aliphatic heterocycles. The highest BCUT2D eigenvalue weighted by Crippen LogP contribution is 2.11. The zero-order chi connectivity index (χ0) is 8.39. The van der Waals surface area contributed by atoms with Crippen LogP contribution >= 0.6 is 0 Å². The van der Waals surface area contributed by atoms with Crippen molar-refractivity contribution in [3.8, 4) is 17.5 Å². The maximum Gasteiger partial charge on any atom is 0.209 e. The zero-order valence-electron chi connectivity index (χ0n) is 6.10. The molecule has 0 aromatic carbocycles. The number of rotatable bonds is 1. The molecule has 0 fully saturated rings. The minimum atomic E-state index is 0.0115. The number of H-pyrrole nitrogens is 1. The normalized spacial score (nSPS) is 10.0. The maximum atomic E-state index is 8.94. The van der Waals surface area contributed by atoms with Gasteiger partial charge in [-0.2, -0.15) is 0 Å². The molecular formula is C7H6N4O. The van der Waals surface area contributed by atoms with Crippen LogP contribution in [0, 0.1) is 0 Å². The summed E-state index contributed by atoms with van der Waals surface area (Å²) in [4.78, 5) is 14.4. The largest absolute Gasteiger partial charge is 0.493 e. The van der Waals surface area contributed by atoms with Crippen molar-refractivity contribution in [1.82, 2.24) is 19.9 Å². The molecule has 2 heterocycles. The van der Waals surface area contributed by atoms with Gasteiger partial charge in [0.1, 0.15) is 0 Å². The average Bonchev–Trinajstić information content (AvgIpc) is 2.54. The van der Waals surface area contributed by atoms with Crippen LogP contribution in [0.4, 0.5) is 0 Å². The van der Waals surface area contributed by atoms with Gasteiger partial charge in [-0.25, -0.2) is 15.0 Å². The summed E-state index contributed by atoms with van der Waals surface area (Å²) in [6.45, 7) is 0. The van der Waals surface area contributed by atoms with E-state index in [1.165, 1.54) is 6.20 Å². The molecule has 2 N–H and O–H groups in total. The number of aromatic amines is 1. The number of hydrogen-bond acceptors (Lipinski definition) is 4. The van der Waals surface area contributed by atoms with Gasteiger partial charge in [0, 0.05) is 12.4 Å². The second kappa shape index (κ2) is 2.61. The molecule has 0 amide bonds. The summed E-state index contributed by atoms with van der Waals surface area (Å²) in [5.74, 6) is 0.948. The Kier molecular flexibility index (Phi) is 1.48. The second-order valence-electron chi connectivity index (χ2n) is 2.19. The Labute approximate surface area is 68.2 Å². The summed E-state index contributed by atoms with van der Waals surface area (Å²) in [7, 11) is 0. The van der Waals surface area contributed by atoms with Gasteiger partial charge < -0.3 is 10.1 Å². The Hall–Kier alpha value is -1.91. The third-order valence-corrected chi connectivity index (χ3v) is 1.34. The predicted octanol–water partition coefficient (Wildman–Crippen LogP) is 0.572. The third-order valence-electron chi connectivity index (χ3n) is 1.34. The maximum absolute atomic E-state index is 8.94. The molecule has 0 saturated heterocycles. The third kappa shape index (κ3) is 1.12. The smallest absolute Gasteiger partial charge is 0.209 e. The standard InChI is InChI=1S/C7H6N4O/c12-5-4-10-7(11-5)6-8-2-1-3-9-6/h1-4,12H,(H,10,11). The Morgan fingerprint density at radius 1 is 1.17 bits per heavy atom. The van der Waals surface area contributed by atoms with Gasteiger partial charge in [0.15, 0.2) is 11.6 Å². The fourth-order valence-corrected chi connectivity index (χ4v) is 0.847. The molecule has 60 valence electrons. The van der Waals surface area contributed by atoms with E-state index in [1.54, 1.807) is 18.5 Å². The van der Waals surface area contributed by atoms with Crippen LogP contribution in [0.3, 0.4) is 0 Å². The van der Waals surface area contributed by atoms with Gasteiger partial charge in [0.2, 0.25) is 5.88 Å². The van der Waals surface area contributed by atoms with Crippen molar-refractivity contribution in [3.05, 3.63) is 24.7 Å². The highest BCUT2D eigenvalue weighted by atomic mass is 16.3. The molecular weight excluding hydrogens is 156 g/mol. The monoisotopic (exact) mass is 162 g/mol. The van der Waals surface area contributed by atoms with Gasteiger partial charge in [-0.05, 0) is 6.07 Å². The molecule has 0 atom stereocenters. The van der Waals surface area contributed by atoms with Gasteiger partial charge >= 0.3 is 0 Å². The lowest BCUT2D eigenvalue weighted by Gasteiger charge is -1.90. The lowest BCUT2D eigenvalue weighted by Crippen LogP contribution is -1.87. The molecule has 0 spiro atoms. The van der Waals surface area contributed by atoms with Crippen molar-refractivity contribution in [3.63, 3.8) is 0 Å². The van der Waals surface area contributed by atoms with E-state index in [9.17, 15) is 0 Å². The minimum absolute atomic E-state index is 0.0115. The van der Waals surface area contributed by atoms with Gasteiger partial charge in [-0.15, -0.1) is 0 Å². The van der Waals surface area contributed by atoms with E-state index in [2.05, 4.69) is 19.9 Å². The van der Waals surface area contributed by atoms with Crippen LogP contribution in [0.25, 0.3) is 11.6 Å². The molecule has 0 aliphatic rings. The second-order valence-corrected chi connectivity index (χ2v) is 2.19. The lowest BCUT2D eigenvalue weighted by atomic mass is 10.5. The summed E-state index contributed by atoms with van der Waals surface area (Å²) in [5, 5.41) is 8.94. The van der Waals surface area contributed by atoms with Crippen molar-refractivity contribution in [2.45, 2.75) is 0 Å². The fourth-order valence-electron chi connectivity index (χ4n) is 0.847. The van der Waals surface area contributed by atoms with Crippen LogP contribution in [0.15, 0.2) is 24.7 Å². The summed E-state index contributed by atoms with van der Waals surface area (Å²) in [6.07, 6.45) is 4.54. The first kappa shape index (κ1) is 6.78. The number of nitrogens with zero attached hydrogens (tertiary/aromatic N) is 3. The summed E-state index contributed by atoms with van der Waals surface area (Å²) >= 11 is 0. The first-order chi connectivity index (χ1) is 5.86. The molecule has 12 heavy (non-hydrogen) atoms. The fraction of sp³-hybridized carbons (Fsp3) is 0. The highest BCUT2D eigenvalue weighted by Gasteiger charge is 2.03. The van der Waals surface area contributed by atoms with E-state index in [-0.39, 0.29) is 5.88 Å². The summed E-state index contributed by atoms with van der Waals surface area (Å²) in [6, 6.07) is 1.71. The topological polar surface area (TPSA) is 74.7 Å². The molecule has 5 nitrogen and oxygen atoms in total. The van der Waals surface area contributed by atoms with Crippen LogP contribution < -0.4 is 0 Å². The molecule has 0 bridgehead atoms. The lowest BCUT2D eigenvalue weighted by molar-refractivity contribution is 0.457. The molecule has 5 heteroatoms. The highest BCUT2D eigenvalue weighted by molar-refractivity contribution is 5.43. The van der Waals surface area contributed by atoms with Gasteiger partial charge in [0.05, 0.1) is 6.20 Å². The SMILES string of the molecule is Oc1cnc(-c2ncccn2)[nH]1. The van der Waals surface area contributed by atoms with E-state index in [0.717, 1.165) is 0 Å². The van der Waals surface area contributed by atoms with Crippen molar-refractivity contribution >= 4 is 0 Å². The molecule has 2 aromatic heterocycles. The number of aromatic hydroxyl groups is 1. The average molecular weight is 162 g/mol. The minimum Gasteiger partial charge on any atom is -0.493 e. The van der Waals surface area contributed by atoms with Crippen LogP contribution in [-0.2, 0) is 0 Å². The van der Waals surface area contributed by atoms with E-state index in [4.69, 9.17) is 5.11 Å². The Balaban J connectivity index is 2.45. The number of aromatic nitrogens is 4. The van der Waals surface area contributed by atoms with Gasteiger partial charge in [-0.1, -0.05) is 0 Å². The van der Waals surface area contributed by atoms with Crippen molar-refractivity contribution in [1.29, 1.82) is 0 Å². The van der Waals surface area contributed by atoms with Crippen LogP contribution in [0.1, 0.15) is 0 Å². The molecule has 0 radical (unpaired) electrons. The van der Waals surface area contributed by atoms with Crippen LogP contribution in [0.2, 0.25) is 0 Å². The van der Waals surface area contributed by atoms with Crippen LogP contribution in [0.5, 0.6) is 5.88 Å². The first-order valence-electron chi connectivity index (χ1n) is 3.37. The van der Waals surface area contributed by atoms with Crippen molar-refractivity contribution in [2.24, 2.45) is 0 Å². The Morgan fingerprint density at radius 2 is 1.92 bits per heavy atom. The number of hydrogen-bond donors (Lipinski definition) is 2. The van der Waals surface area contributed by atoms with Crippen molar-refractivity contribution < 1.29 is 5.11 Å². The predicted molar refractivity (Wildman–Crippen MR) is 41.3 cm³/mol. The van der Waals surface area contributed by atoms with Crippen LogP contribution in [-0.4, -0.2) is 25.0 Å². The van der Waals surface area contributed by atoms with Gasteiger partial charge in [0.25, 0.3) is 0 Å². The van der Waals surface area contributed by atoms with E-state index < -0.39 is 0 Å². The molecule has 2 aromatic rings. The quantitative estimate of drug-likeness (QED) is 0.642. The molecule has 2 rings (SSSR count). The molecule has 0 saturated carbocycles. The van der Waals surface area contributed by atoms with E-state index in [1.807, 2.05) is 0 Å². The summed E-state index contributed by atoms with van der Waals surface area (Å²) in [5.41, 5.74) is 0. The first-order valence-corrected chi connectivity index (χ1v) is 3.37. The molecule has 0 aliphatic carbocycles. The van der Waals surface area contributed by atoms with E-state index in [0.29, 0.717) is 11.6 Å². The van der Waals surface area contributed by atoms with E-state index >= 15 is 0 Å². The zero-order valence-corrected chi connectivity index (χ0v) is 6.10. The number of imidazole rings is 1. The Morgan fingerprint density at radius 3 is 2.50 bits per heavy atom. The summed E-state index contributed by atoms with van der Waals surface area (Å²) < 4.78 is 0. The Bertz CT molecular complexity index is 370. The van der Waals surface area contributed by atoms with Gasteiger partial charge in [-0.3, -0.25) is 0 Å². The van der Waals surface area contributed by atoms with Crippen molar-refractivity contribution in [2.75, 3.05) is 0 Å². The number of nitrogens with one attached hydrogen (secondary N) is 1.